The lowest BCUT2D eigenvalue weighted by molar-refractivity contribution is -0.316. The molecular formula is C36H62N4O18. The molecule has 1 aliphatic heterocycles. The summed E-state index contributed by atoms with van der Waals surface area (Å²) in [5.74, 6) is -1.71. The Bertz CT molecular complexity index is 1410. The largest absolute Gasteiger partial charge is 0.396 e. The fourth-order valence-corrected chi connectivity index (χ4v) is 8.09. The Labute approximate surface area is 335 Å². The molecule has 19 atom stereocenters. The second-order valence-electron chi connectivity index (χ2n) is 15.4. The van der Waals surface area contributed by atoms with Crippen LogP contribution in [0.5, 0.6) is 0 Å². The van der Waals surface area contributed by atoms with Gasteiger partial charge in [-0.05, 0) is 32.3 Å². The van der Waals surface area contributed by atoms with Gasteiger partial charge in [-0.3, -0.25) is 0 Å². The molecule has 22 nitrogen and oxygen atoms in total. The first-order valence-electron chi connectivity index (χ1n) is 19.8. The van der Waals surface area contributed by atoms with Crippen LogP contribution in [-0.4, -0.2) is 226 Å². The first-order chi connectivity index (χ1) is 27.7. The van der Waals surface area contributed by atoms with Crippen molar-refractivity contribution in [2.24, 2.45) is 11.8 Å². The van der Waals surface area contributed by atoms with Gasteiger partial charge in [0, 0.05) is 31.7 Å². The Morgan fingerprint density at radius 3 is 2.05 bits per heavy atom. The Hall–Kier alpha value is -1.88. The summed E-state index contributed by atoms with van der Waals surface area (Å²) in [5, 5.41) is 139. The van der Waals surface area contributed by atoms with Gasteiger partial charge in [0.15, 0.2) is 6.29 Å². The number of hydrogen-bond donors (Lipinski definition) is 13. The summed E-state index contributed by atoms with van der Waals surface area (Å²) < 4.78 is 36.0. The third kappa shape index (κ3) is 10.9. The zero-order chi connectivity index (χ0) is 42.3. The fourth-order valence-electron chi connectivity index (χ4n) is 8.09. The van der Waals surface area contributed by atoms with Gasteiger partial charge >= 0.3 is 0 Å². The van der Waals surface area contributed by atoms with Crippen molar-refractivity contribution in [3.8, 4) is 0 Å². The zero-order valence-corrected chi connectivity index (χ0v) is 32.6. The van der Waals surface area contributed by atoms with Crippen molar-refractivity contribution in [1.29, 1.82) is 0 Å². The summed E-state index contributed by atoms with van der Waals surface area (Å²) in [6, 6.07) is -2.12. The van der Waals surface area contributed by atoms with Crippen LogP contribution in [0.25, 0.3) is 0 Å². The van der Waals surface area contributed by atoms with Crippen molar-refractivity contribution in [2.75, 3.05) is 46.2 Å². The van der Waals surface area contributed by atoms with Crippen LogP contribution < -0.4 is 5.32 Å². The molecule has 2 heterocycles. The molecule has 22 heteroatoms. The number of aliphatic hydroxyl groups excluding tert-OH is 12. The minimum Gasteiger partial charge on any atom is -0.396 e. The first-order valence-corrected chi connectivity index (χ1v) is 19.8. The van der Waals surface area contributed by atoms with E-state index in [1.165, 1.54) is 13.0 Å². The van der Waals surface area contributed by atoms with Crippen LogP contribution in [0.15, 0.2) is 17.8 Å². The van der Waals surface area contributed by atoms with Gasteiger partial charge in [-0.15, -0.1) is 5.10 Å². The summed E-state index contributed by atoms with van der Waals surface area (Å²) in [6.07, 6.45) is -18.9. The highest BCUT2D eigenvalue weighted by molar-refractivity contribution is 5.22. The minimum absolute atomic E-state index is 0.0400. The van der Waals surface area contributed by atoms with Gasteiger partial charge in [-0.2, -0.15) is 0 Å². The second kappa shape index (κ2) is 21.8. The van der Waals surface area contributed by atoms with Crippen molar-refractivity contribution in [1.82, 2.24) is 20.3 Å². The maximum Gasteiger partial charge on any atom is 0.186 e. The van der Waals surface area contributed by atoms with Crippen LogP contribution in [-0.2, 0) is 41.6 Å². The predicted molar refractivity (Wildman–Crippen MR) is 194 cm³/mol. The van der Waals surface area contributed by atoms with Crippen molar-refractivity contribution < 1.29 is 89.7 Å². The quantitative estimate of drug-likeness (QED) is 0.0455. The summed E-state index contributed by atoms with van der Waals surface area (Å²) in [5.41, 5.74) is 0.502. The lowest BCUT2D eigenvalue weighted by atomic mass is 9.78. The highest BCUT2D eigenvalue weighted by atomic mass is 16.7. The molecule has 1 aromatic rings. The maximum absolute atomic E-state index is 11.3. The fraction of sp³-hybridized carbons (Fsp3) is 0.889. The van der Waals surface area contributed by atoms with Gasteiger partial charge in [-0.25, -0.2) is 4.68 Å². The summed E-state index contributed by atoms with van der Waals surface area (Å²) in [7, 11) is 0. The minimum atomic E-state index is -1.76. The number of ether oxygens (including phenoxy) is 6. The average Bonchev–Trinajstić information content (AvgIpc) is 3.68. The Balaban J connectivity index is 1.14. The van der Waals surface area contributed by atoms with E-state index in [0.29, 0.717) is 38.7 Å². The molecule has 0 spiro atoms. The number of rotatable bonds is 19. The van der Waals surface area contributed by atoms with Gasteiger partial charge in [0.1, 0.15) is 60.6 Å². The van der Waals surface area contributed by atoms with Gasteiger partial charge in [0.25, 0.3) is 0 Å². The van der Waals surface area contributed by atoms with E-state index in [4.69, 9.17) is 28.4 Å². The van der Waals surface area contributed by atoms with Gasteiger partial charge < -0.3 is 95.0 Å². The molecule has 0 bridgehead atoms. The Morgan fingerprint density at radius 1 is 0.759 bits per heavy atom. The number of aromatic nitrogens is 3. The molecule has 2 saturated carbocycles. The molecule has 0 aromatic carbocycles. The molecule has 334 valence electrons. The van der Waals surface area contributed by atoms with E-state index in [1.54, 1.807) is 10.9 Å². The number of aliphatic hydroxyl groups is 12. The third-order valence-corrected chi connectivity index (χ3v) is 11.5. The van der Waals surface area contributed by atoms with Crippen molar-refractivity contribution >= 4 is 0 Å². The molecule has 13 N–H and O–H groups in total. The van der Waals surface area contributed by atoms with E-state index >= 15 is 0 Å². The molecule has 1 aromatic heterocycles. The normalized spacial score (nSPS) is 42.4. The maximum atomic E-state index is 11.3. The SMILES string of the molecule is CCOCCOCCn1cc(CO[C@@H]2C[C@H](CO)[C@@H](O[C@H]3C[C@H](CO)[C@@H](O[C@H]4O[C@H](C)[C@@H](N[C@H]5C=C(CO)[C@@H](O)[C@H](O)C5O)[C@H](O)[C@H]4O)[C@H](O)[C@H]3O)C(O)[C@H]2O)nn1. The molecule has 2 unspecified atom stereocenters. The molecule has 58 heavy (non-hydrogen) atoms. The van der Waals surface area contributed by atoms with Crippen LogP contribution >= 0.6 is 0 Å². The molecule has 0 radical (unpaired) electrons. The number of hydrogen-bond acceptors (Lipinski definition) is 21. The van der Waals surface area contributed by atoms with E-state index in [9.17, 15) is 61.3 Å². The van der Waals surface area contributed by atoms with Crippen LogP contribution in [0.1, 0.15) is 32.4 Å². The molecule has 4 aliphatic rings. The van der Waals surface area contributed by atoms with Crippen LogP contribution in [0.4, 0.5) is 0 Å². The predicted octanol–water partition coefficient (Wildman–Crippen LogP) is -6.37. The van der Waals surface area contributed by atoms with Crippen molar-refractivity contribution in [2.45, 2.75) is 144 Å². The standard InChI is InChI=1S/C36H62N4O18/c1-3-53-6-7-54-5-4-40-11-20(38-39-40)15-55-22-9-18(13-42)34(31(50)27(22)46)57-23-10-19(14-43)35(32(51)28(23)47)58-36-33(52)29(48)24(16(2)56-36)37-21-8-17(12-41)25(44)30(49)26(21)45/h8,11,16,18-19,21-37,41-52H,3-7,9-10,12-15H2,1-2H3/t16-,18-,19-,21+,22-,23+,24-,25-,26?,27+,28+,29+,30+,31?,32-,33-,34-,35-,36-/m1/s1. The van der Waals surface area contributed by atoms with Crippen molar-refractivity contribution in [3.63, 3.8) is 0 Å². The zero-order valence-electron chi connectivity index (χ0n) is 32.6. The molecular weight excluding hydrogens is 776 g/mol. The molecule has 5 rings (SSSR count). The third-order valence-electron chi connectivity index (χ3n) is 11.5. The summed E-state index contributed by atoms with van der Waals surface area (Å²) in [4.78, 5) is 0. The molecule has 3 fully saturated rings. The van der Waals surface area contributed by atoms with Crippen molar-refractivity contribution in [3.05, 3.63) is 23.5 Å². The lowest BCUT2D eigenvalue weighted by Crippen LogP contribution is -2.67. The lowest BCUT2D eigenvalue weighted by Gasteiger charge is -2.49. The van der Waals surface area contributed by atoms with E-state index < -0.39 is 135 Å². The molecule has 1 saturated heterocycles. The second-order valence-corrected chi connectivity index (χ2v) is 15.4. The molecule has 3 aliphatic carbocycles. The van der Waals surface area contributed by atoms with E-state index in [2.05, 4.69) is 15.6 Å². The average molecular weight is 839 g/mol. The van der Waals surface area contributed by atoms with Crippen LogP contribution in [0.2, 0.25) is 0 Å². The highest BCUT2D eigenvalue weighted by Crippen LogP contribution is 2.37. The summed E-state index contributed by atoms with van der Waals surface area (Å²) in [6.45, 7) is 4.07. The van der Waals surface area contributed by atoms with Gasteiger partial charge in [0.2, 0.25) is 0 Å². The van der Waals surface area contributed by atoms with E-state index in [-0.39, 0.29) is 25.0 Å². The topological polar surface area (TPSA) is 341 Å². The number of nitrogens with one attached hydrogen (secondary N) is 1. The summed E-state index contributed by atoms with van der Waals surface area (Å²) >= 11 is 0. The first kappa shape index (κ1) is 47.2. The highest BCUT2D eigenvalue weighted by Gasteiger charge is 2.53. The molecule has 0 amide bonds. The smallest absolute Gasteiger partial charge is 0.186 e. The van der Waals surface area contributed by atoms with Crippen LogP contribution in [0.3, 0.4) is 0 Å². The monoisotopic (exact) mass is 838 g/mol. The van der Waals surface area contributed by atoms with E-state index in [0.717, 1.165) is 0 Å². The Kier molecular flexibility index (Phi) is 17.7. The van der Waals surface area contributed by atoms with Crippen LogP contribution in [0, 0.1) is 11.8 Å². The van der Waals surface area contributed by atoms with Gasteiger partial charge in [0.05, 0.1) is 88.4 Å². The Morgan fingerprint density at radius 2 is 1.40 bits per heavy atom. The number of nitrogens with zero attached hydrogens (tertiary/aromatic N) is 3. The van der Waals surface area contributed by atoms with E-state index in [1.807, 2.05) is 6.92 Å². The van der Waals surface area contributed by atoms with Gasteiger partial charge in [-0.1, -0.05) is 11.3 Å².